The number of nitrogens with one attached hydrogen (secondary N) is 1. The van der Waals surface area contributed by atoms with E-state index < -0.39 is 6.10 Å². The third-order valence-electron chi connectivity index (χ3n) is 4.07. The van der Waals surface area contributed by atoms with Gasteiger partial charge in [0.1, 0.15) is 5.01 Å². The molecule has 126 valence electrons. The van der Waals surface area contributed by atoms with E-state index in [4.69, 9.17) is 4.84 Å². The zero-order valence-electron chi connectivity index (χ0n) is 13.7. The lowest BCUT2D eigenvalue weighted by Crippen LogP contribution is -2.28. The Bertz CT molecular complexity index is 725. The van der Waals surface area contributed by atoms with Crippen molar-refractivity contribution in [3.8, 4) is 0 Å². The summed E-state index contributed by atoms with van der Waals surface area (Å²) in [5, 5.41) is 16.5. The lowest BCUT2D eigenvalue weighted by atomic mass is 10.1. The normalized spacial score (nSPS) is 16.8. The maximum absolute atomic E-state index is 12.3. The second-order valence-corrected chi connectivity index (χ2v) is 6.66. The first-order chi connectivity index (χ1) is 11.7. The highest BCUT2D eigenvalue weighted by Gasteiger charge is 2.29. The van der Waals surface area contributed by atoms with E-state index in [1.165, 1.54) is 11.3 Å². The summed E-state index contributed by atoms with van der Waals surface area (Å²) >= 11 is 1.43. The predicted octanol–water partition coefficient (Wildman–Crippen LogP) is 3.57. The quantitative estimate of drug-likeness (QED) is 0.869. The van der Waals surface area contributed by atoms with Crippen molar-refractivity contribution in [2.24, 2.45) is 5.16 Å². The fourth-order valence-electron chi connectivity index (χ4n) is 2.59. The first kappa shape index (κ1) is 16.6. The van der Waals surface area contributed by atoms with Crippen LogP contribution in [0.1, 0.15) is 49.6 Å². The molecule has 2 heterocycles. The van der Waals surface area contributed by atoms with Crippen molar-refractivity contribution in [3.63, 3.8) is 0 Å². The molecule has 0 spiro atoms. The third kappa shape index (κ3) is 3.62. The molecule has 6 nitrogen and oxygen atoms in total. The number of amides is 1. The fourth-order valence-corrected chi connectivity index (χ4v) is 3.61. The molecular formula is C17H20N4O2S. The van der Waals surface area contributed by atoms with E-state index in [-0.39, 0.29) is 5.91 Å². The van der Waals surface area contributed by atoms with Gasteiger partial charge in [-0.3, -0.25) is 10.1 Å². The van der Waals surface area contributed by atoms with Crippen LogP contribution in [-0.4, -0.2) is 27.9 Å². The number of rotatable bonds is 6. The standard InChI is InChI=1S/C17H20N4O2S/c1-3-11(4-2)16-19-20-17(24-16)18-15(22)14-10-13(21-23-14)12-8-6-5-7-9-12/h5-9,11,14H,3-4,10H2,1-2H3,(H,18,20,22)/t14-/m0/s1. The van der Waals surface area contributed by atoms with E-state index in [1.807, 2.05) is 30.3 Å². The Hall–Kier alpha value is -2.28. The van der Waals surface area contributed by atoms with Gasteiger partial charge in [0, 0.05) is 12.3 Å². The molecule has 2 aromatic rings. The monoisotopic (exact) mass is 344 g/mol. The molecule has 1 amide bonds. The molecule has 7 heteroatoms. The maximum Gasteiger partial charge on any atom is 0.270 e. The van der Waals surface area contributed by atoms with Gasteiger partial charge in [-0.2, -0.15) is 0 Å². The van der Waals surface area contributed by atoms with Crippen LogP contribution in [0.4, 0.5) is 5.13 Å². The van der Waals surface area contributed by atoms with Gasteiger partial charge in [0.25, 0.3) is 5.91 Å². The fraction of sp³-hybridized carbons (Fsp3) is 0.412. The molecule has 1 N–H and O–H groups in total. The average Bonchev–Trinajstić information content (AvgIpc) is 3.27. The van der Waals surface area contributed by atoms with Gasteiger partial charge in [-0.15, -0.1) is 10.2 Å². The SMILES string of the molecule is CCC(CC)c1nnc(NC(=O)[C@@H]2CC(c3ccccc3)=NO2)s1. The zero-order valence-corrected chi connectivity index (χ0v) is 14.5. The number of nitrogens with zero attached hydrogens (tertiary/aromatic N) is 3. The average molecular weight is 344 g/mol. The van der Waals surface area contributed by atoms with Crippen molar-refractivity contribution >= 4 is 28.1 Å². The van der Waals surface area contributed by atoms with Crippen LogP contribution in [0.25, 0.3) is 0 Å². The summed E-state index contributed by atoms with van der Waals surface area (Å²) in [6.45, 7) is 4.26. The Morgan fingerprint density at radius 1 is 1.29 bits per heavy atom. The highest BCUT2D eigenvalue weighted by molar-refractivity contribution is 7.15. The van der Waals surface area contributed by atoms with Crippen molar-refractivity contribution in [1.82, 2.24) is 10.2 Å². The van der Waals surface area contributed by atoms with E-state index in [1.54, 1.807) is 0 Å². The lowest BCUT2D eigenvalue weighted by Gasteiger charge is -2.07. The third-order valence-corrected chi connectivity index (χ3v) is 5.08. The van der Waals surface area contributed by atoms with Gasteiger partial charge in [0.15, 0.2) is 0 Å². The topological polar surface area (TPSA) is 76.5 Å². The molecule has 0 saturated heterocycles. The van der Waals surface area contributed by atoms with Crippen molar-refractivity contribution in [2.75, 3.05) is 5.32 Å². The van der Waals surface area contributed by atoms with E-state index in [2.05, 4.69) is 34.5 Å². The van der Waals surface area contributed by atoms with Crippen molar-refractivity contribution in [2.45, 2.75) is 45.1 Å². The molecule has 1 aliphatic rings. The molecule has 24 heavy (non-hydrogen) atoms. The minimum absolute atomic E-state index is 0.239. The summed E-state index contributed by atoms with van der Waals surface area (Å²) in [7, 11) is 0. The lowest BCUT2D eigenvalue weighted by molar-refractivity contribution is -0.125. The van der Waals surface area contributed by atoms with Crippen molar-refractivity contribution in [3.05, 3.63) is 40.9 Å². The predicted molar refractivity (Wildman–Crippen MR) is 94.3 cm³/mol. The molecule has 0 bridgehead atoms. The summed E-state index contributed by atoms with van der Waals surface area (Å²) < 4.78 is 0. The van der Waals surface area contributed by atoms with Crippen LogP contribution in [0.15, 0.2) is 35.5 Å². The Labute approximate surface area is 144 Å². The van der Waals surface area contributed by atoms with E-state index in [0.717, 1.165) is 29.1 Å². The van der Waals surface area contributed by atoms with Crippen molar-refractivity contribution in [1.29, 1.82) is 0 Å². The van der Waals surface area contributed by atoms with Gasteiger partial charge in [-0.25, -0.2) is 0 Å². The van der Waals surface area contributed by atoms with Crippen LogP contribution < -0.4 is 5.32 Å². The number of oxime groups is 1. The van der Waals surface area contributed by atoms with Gasteiger partial charge >= 0.3 is 0 Å². The molecule has 0 fully saturated rings. The van der Waals surface area contributed by atoms with Crippen LogP contribution in [-0.2, 0) is 9.63 Å². The Kier molecular flexibility index (Phi) is 5.20. The van der Waals surface area contributed by atoms with Crippen LogP contribution in [0.5, 0.6) is 0 Å². The highest BCUT2D eigenvalue weighted by Crippen LogP contribution is 2.28. The van der Waals surface area contributed by atoms with Crippen LogP contribution >= 0.6 is 11.3 Å². The largest absolute Gasteiger partial charge is 0.382 e. The number of anilines is 1. The van der Waals surface area contributed by atoms with Crippen LogP contribution in [0, 0.1) is 0 Å². The Balaban J connectivity index is 1.59. The molecule has 3 rings (SSSR count). The summed E-state index contributed by atoms with van der Waals surface area (Å²) in [6.07, 6.45) is 1.85. The second kappa shape index (κ2) is 7.53. The van der Waals surface area contributed by atoms with Crippen LogP contribution in [0.2, 0.25) is 0 Å². The van der Waals surface area contributed by atoms with Gasteiger partial charge < -0.3 is 4.84 Å². The molecule has 0 radical (unpaired) electrons. The van der Waals surface area contributed by atoms with E-state index >= 15 is 0 Å². The maximum atomic E-state index is 12.3. The number of hydrogen-bond donors (Lipinski definition) is 1. The Morgan fingerprint density at radius 3 is 2.75 bits per heavy atom. The smallest absolute Gasteiger partial charge is 0.270 e. The van der Waals surface area contributed by atoms with Crippen LogP contribution in [0.3, 0.4) is 0 Å². The summed E-state index contributed by atoms with van der Waals surface area (Å²) in [5.74, 6) is 0.154. The van der Waals surface area contributed by atoms with Gasteiger partial charge in [-0.1, -0.05) is 60.7 Å². The molecule has 1 aromatic heterocycles. The molecule has 0 unspecified atom stereocenters. The molecule has 0 saturated carbocycles. The number of hydrogen-bond acceptors (Lipinski definition) is 6. The molecule has 1 aromatic carbocycles. The number of carbonyl (C=O) groups excluding carboxylic acids is 1. The van der Waals surface area contributed by atoms with E-state index in [9.17, 15) is 4.79 Å². The second-order valence-electron chi connectivity index (χ2n) is 5.65. The van der Waals surface area contributed by atoms with E-state index in [0.29, 0.717) is 17.5 Å². The Morgan fingerprint density at radius 2 is 2.04 bits per heavy atom. The minimum atomic E-state index is -0.624. The minimum Gasteiger partial charge on any atom is -0.382 e. The van der Waals surface area contributed by atoms with Gasteiger partial charge in [0.2, 0.25) is 11.2 Å². The summed E-state index contributed by atoms with van der Waals surface area (Å²) in [4.78, 5) is 17.6. The molecule has 0 aliphatic carbocycles. The summed E-state index contributed by atoms with van der Waals surface area (Å²) in [6, 6.07) is 9.72. The number of benzene rings is 1. The number of carbonyl (C=O) groups is 1. The zero-order chi connectivity index (χ0) is 16.9. The van der Waals surface area contributed by atoms with Gasteiger partial charge in [0.05, 0.1) is 5.71 Å². The molecule has 1 aliphatic heterocycles. The van der Waals surface area contributed by atoms with Crippen molar-refractivity contribution < 1.29 is 9.63 Å². The molecular weight excluding hydrogens is 324 g/mol. The first-order valence-corrected chi connectivity index (χ1v) is 8.95. The first-order valence-electron chi connectivity index (χ1n) is 8.13. The van der Waals surface area contributed by atoms with Gasteiger partial charge in [-0.05, 0) is 18.4 Å². The highest BCUT2D eigenvalue weighted by atomic mass is 32.1. The molecule has 1 atom stereocenters. The number of aromatic nitrogens is 2. The summed E-state index contributed by atoms with van der Waals surface area (Å²) in [5.41, 5.74) is 1.76.